The van der Waals surface area contributed by atoms with Crippen LogP contribution in [0.15, 0.2) is 5.10 Å². The van der Waals surface area contributed by atoms with Crippen molar-refractivity contribution in [3.63, 3.8) is 0 Å². The number of tetrazole rings is 1. The fourth-order valence-electron chi connectivity index (χ4n) is 0.675. The number of guanidine groups is 1. The molecule has 0 spiro atoms. The first kappa shape index (κ1) is 9.83. The van der Waals surface area contributed by atoms with Gasteiger partial charge in [-0.25, -0.2) is 14.8 Å². The van der Waals surface area contributed by atoms with E-state index in [1.165, 1.54) is 4.68 Å². The first-order valence-corrected chi connectivity index (χ1v) is 3.54. The van der Waals surface area contributed by atoms with Crippen LogP contribution in [0.4, 0.5) is 0 Å². The van der Waals surface area contributed by atoms with Crippen LogP contribution in [0.1, 0.15) is 5.82 Å². The molecule has 0 unspecified atom stereocenters. The van der Waals surface area contributed by atoms with E-state index in [2.05, 4.69) is 25.9 Å². The average Bonchev–Trinajstić information content (AvgIpc) is 2.46. The smallest absolute Gasteiger partial charge is 0.267 e. The van der Waals surface area contributed by atoms with Crippen molar-refractivity contribution in [1.29, 1.82) is 0 Å². The summed E-state index contributed by atoms with van der Waals surface area (Å²) < 4.78 is 1.38. The molecule has 0 bridgehead atoms. The third kappa shape index (κ3) is 2.66. The zero-order chi connectivity index (χ0) is 10.6. The zero-order valence-electron chi connectivity index (χ0n) is 7.28. The van der Waals surface area contributed by atoms with Crippen LogP contribution < -0.4 is 11.1 Å². The molecule has 1 aromatic rings. The monoisotopic (exact) mass is 200 g/mol. The maximum atomic E-state index is 9.89. The summed E-state index contributed by atoms with van der Waals surface area (Å²) >= 11 is 0. The number of rotatable bonds is 3. The Morgan fingerprint density at radius 3 is 3.07 bits per heavy atom. The van der Waals surface area contributed by atoms with Gasteiger partial charge in [-0.3, -0.25) is 0 Å². The summed E-state index contributed by atoms with van der Waals surface area (Å²) in [5.41, 5.74) is 5.16. The fraction of sp³-hybridized carbons (Fsp3) is 0.500. The number of hydrogen-bond acceptors (Lipinski definition) is 5. The second-order valence-corrected chi connectivity index (χ2v) is 2.28. The highest BCUT2D eigenvalue weighted by Gasteiger charge is 2.01. The highest BCUT2D eigenvalue weighted by molar-refractivity contribution is 5.76. The molecule has 1 aromatic heterocycles. The molecule has 0 amide bonds. The third-order valence-electron chi connectivity index (χ3n) is 1.31. The summed E-state index contributed by atoms with van der Waals surface area (Å²) in [5, 5.41) is 24.8. The molecule has 0 aromatic carbocycles. The van der Waals surface area contributed by atoms with Crippen molar-refractivity contribution < 1.29 is 5.03 Å². The molecule has 14 heavy (non-hydrogen) atoms. The number of nitrogens with two attached hydrogens (primary N) is 1. The van der Waals surface area contributed by atoms with Crippen molar-refractivity contribution in [2.45, 2.75) is 13.6 Å². The van der Waals surface area contributed by atoms with Gasteiger partial charge in [0, 0.05) is 0 Å². The van der Waals surface area contributed by atoms with Crippen molar-refractivity contribution in [2.75, 3.05) is 0 Å². The van der Waals surface area contributed by atoms with Crippen molar-refractivity contribution >= 4 is 5.96 Å². The predicted octanol–water partition coefficient (Wildman–Crippen LogP) is -1.96. The molecule has 1 rings (SSSR count). The van der Waals surface area contributed by atoms with E-state index in [1.807, 2.05) is 0 Å². The molecule has 0 aliphatic heterocycles. The number of hydrogen-bond donors (Lipinski definition) is 2. The molecule has 0 aliphatic carbocycles. The van der Waals surface area contributed by atoms with Crippen molar-refractivity contribution in [3.8, 4) is 0 Å². The van der Waals surface area contributed by atoms with E-state index in [9.17, 15) is 10.1 Å². The number of nitrogens with zero attached hydrogens (tertiary/aromatic N) is 6. The number of nitrogens with one attached hydrogen (secondary N) is 1. The molecule has 76 valence electrons. The van der Waals surface area contributed by atoms with Crippen LogP contribution >= 0.6 is 0 Å². The molecule has 0 saturated carbocycles. The minimum Gasteiger partial charge on any atom is -0.365 e. The quantitative estimate of drug-likeness (QED) is 0.250. The lowest BCUT2D eigenvalue weighted by Crippen LogP contribution is -2.34. The normalized spacial score (nSPS) is 11.4. The van der Waals surface area contributed by atoms with E-state index >= 15 is 0 Å². The van der Waals surface area contributed by atoms with Gasteiger partial charge in [-0.1, -0.05) is 0 Å². The van der Waals surface area contributed by atoms with E-state index in [0.717, 1.165) is 0 Å². The molecule has 0 radical (unpaired) electrons. The highest BCUT2D eigenvalue weighted by atomic mass is 16.7. The summed E-state index contributed by atoms with van der Waals surface area (Å²) in [6.07, 6.45) is 0. The van der Waals surface area contributed by atoms with Crippen LogP contribution in [0.3, 0.4) is 0 Å². The van der Waals surface area contributed by atoms with E-state index in [4.69, 9.17) is 5.73 Å². The van der Waals surface area contributed by atoms with Crippen LogP contribution in [0.2, 0.25) is 0 Å². The fourth-order valence-corrected chi connectivity index (χ4v) is 0.675. The van der Waals surface area contributed by atoms with E-state index in [-0.39, 0.29) is 12.6 Å². The summed E-state index contributed by atoms with van der Waals surface area (Å²) in [5.74, 6) is 0.260. The van der Waals surface area contributed by atoms with Gasteiger partial charge in [-0.2, -0.15) is 0 Å². The van der Waals surface area contributed by atoms with Gasteiger partial charge in [-0.05, 0) is 17.4 Å². The SMILES string of the molecule is Cc1nnnn1CNC(N)=N[N+](=O)[O-]. The van der Waals surface area contributed by atoms with Gasteiger partial charge in [-0.15, -0.1) is 5.10 Å². The Morgan fingerprint density at radius 2 is 2.57 bits per heavy atom. The maximum absolute atomic E-state index is 9.89. The first-order valence-electron chi connectivity index (χ1n) is 3.54. The topological polar surface area (TPSA) is 137 Å². The largest absolute Gasteiger partial charge is 0.365 e. The molecule has 1 heterocycles. The molecule has 0 fully saturated rings. The minimum absolute atomic E-state index is 0.127. The van der Waals surface area contributed by atoms with Gasteiger partial charge < -0.3 is 11.1 Å². The van der Waals surface area contributed by atoms with Gasteiger partial charge >= 0.3 is 0 Å². The van der Waals surface area contributed by atoms with Gasteiger partial charge in [0.05, 0.1) is 0 Å². The van der Waals surface area contributed by atoms with E-state index in [0.29, 0.717) is 5.82 Å². The van der Waals surface area contributed by atoms with Crippen LogP contribution in [0.25, 0.3) is 0 Å². The van der Waals surface area contributed by atoms with Gasteiger partial charge in [0.1, 0.15) is 17.6 Å². The van der Waals surface area contributed by atoms with Crippen LogP contribution in [0.5, 0.6) is 0 Å². The van der Waals surface area contributed by atoms with E-state index < -0.39 is 5.03 Å². The Morgan fingerprint density at radius 1 is 1.86 bits per heavy atom. The number of aryl methyl sites for hydroxylation is 1. The van der Waals surface area contributed by atoms with Crippen molar-refractivity contribution in [2.24, 2.45) is 10.8 Å². The number of hydrazone groups is 1. The molecular weight excluding hydrogens is 192 g/mol. The predicted molar refractivity (Wildman–Crippen MR) is 44.3 cm³/mol. The molecule has 10 heteroatoms. The lowest BCUT2D eigenvalue weighted by molar-refractivity contribution is -0.485. The lowest BCUT2D eigenvalue weighted by atomic mass is 10.7. The standard InChI is InChI=1S/C4H8N8O2/c1-3-7-9-10-11(3)2-6-4(5)8-12(13)14/h2H2,1H3,(H3,5,6,8). The molecule has 0 saturated heterocycles. The summed E-state index contributed by atoms with van der Waals surface area (Å²) in [7, 11) is 0. The Labute approximate surface area is 77.9 Å². The van der Waals surface area contributed by atoms with Crippen LogP contribution in [0, 0.1) is 17.0 Å². The van der Waals surface area contributed by atoms with Crippen LogP contribution in [-0.4, -0.2) is 31.2 Å². The van der Waals surface area contributed by atoms with E-state index in [1.54, 1.807) is 6.92 Å². The van der Waals surface area contributed by atoms with Crippen molar-refractivity contribution in [3.05, 3.63) is 15.9 Å². The Balaban J connectivity index is 2.49. The summed E-state index contributed by atoms with van der Waals surface area (Å²) in [6, 6.07) is 0. The Kier molecular flexibility index (Phi) is 2.89. The molecule has 3 N–H and O–H groups in total. The maximum Gasteiger partial charge on any atom is 0.267 e. The van der Waals surface area contributed by atoms with Crippen LogP contribution in [-0.2, 0) is 6.67 Å². The van der Waals surface area contributed by atoms with Crippen molar-refractivity contribution in [1.82, 2.24) is 25.5 Å². The van der Waals surface area contributed by atoms with Gasteiger partial charge in [0.25, 0.3) is 5.96 Å². The highest BCUT2D eigenvalue weighted by Crippen LogP contribution is 1.84. The minimum atomic E-state index is -0.894. The van der Waals surface area contributed by atoms with Gasteiger partial charge in [0.2, 0.25) is 0 Å². The third-order valence-corrected chi connectivity index (χ3v) is 1.31. The summed E-state index contributed by atoms with van der Waals surface area (Å²) in [6.45, 7) is 1.81. The molecule has 0 aliphatic rings. The molecule has 0 atom stereocenters. The first-order chi connectivity index (χ1) is 6.59. The molecule has 10 nitrogen and oxygen atoms in total. The second-order valence-electron chi connectivity index (χ2n) is 2.28. The molecular formula is C4H8N8O2. The van der Waals surface area contributed by atoms with Gasteiger partial charge in [0.15, 0.2) is 5.03 Å². The number of nitro groups is 1. The number of aromatic nitrogens is 4. The Hall–Kier alpha value is -2.26. The average molecular weight is 200 g/mol. The summed E-state index contributed by atoms with van der Waals surface area (Å²) in [4.78, 5) is 9.89. The lowest BCUT2D eigenvalue weighted by Gasteiger charge is -2.02. The zero-order valence-corrected chi connectivity index (χ0v) is 7.28. The second kappa shape index (κ2) is 4.11. The Bertz CT molecular complexity index is 356.